The van der Waals surface area contributed by atoms with Gasteiger partial charge in [0, 0.05) is 18.2 Å². The molecule has 0 spiro atoms. The van der Waals surface area contributed by atoms with Crippen LogP contribution in [0.1, 0.15) is 44.0 Å². The Kier molecular flexibility index (Phi) is 3.17. The van der Waals surface area contributed by atoms with Gasteiger partial charge < -0.3 is 0 Å². The van der Waals surface area contributed by atoms with Crippen molar-refractivity contribution < 1.29 is 4.21 Å². The van der Waals surface area contributed by atoms with Gasteiger partial charge in [0.25, 0.3) is 0 Å². The average Bonchev–Trinajstić information content (AvgIpc) is 2.57. The van der Waals surface area contributed by atoms with Crippen molar-refractivity contribution in [3.63, 3.8) is 0 Å². The van der Waals surface area contributed by atoms with E-state index >= 15 is 0 Å². The lowest BCUT2D eigenvalue weighted by molar-refractivity contribution is 0.489. The summed E-state index contributed by atoms with van der Waals surface area (Å²) in [5.74, 6) is 1.30. The molecule has 0 aliphatic carbocycles. The van der Waals surface area contributed by atoms with Gasteiger partial charge >= 0.3 is 0 Å². The maximum atomic E-state index is 11.9. The van der Waals surface area contributed by atoms with Crippen molar-refractivity contribution in [3.05, 3.63) is 17.5 Å². The molecule has 2 unspecified atom stereocenters. The summed E-state index contributed by atoms with van der Waals surface area (Å²) < 4.78 is 15.7. The van der Waals surface area contributed by atoms with E-state index in [-0.39, 0.29) is 0 Å². The van der Waals surface area contributed by atoms with E-state index in [0.29, 0.717) is 17.7 Å². The highest BCUT2D eigenvalue weighted by Gasteiger charge is 2.24. The number of rotatable bonds is 1. The molecule has 1 aromatic rings. The normalized spacial score (nSPS) is 26.8. The summed E-state index contributed by atoms with van der Waals surface area (Å²) in [6.45, 7) is 7.26. The third-order valence-corrected chi connectivity index (χ3v) is 4.35. The van der Waals surface area contributed by atoms with Gasteiger partial charge in [0.1, 0.15) is 16.9 Å². The molecule has 0 saturated heterocycles. The number of fused-ring (bicyclic) bond motifs is 1. The fourth-order valence-electron chi connectivity index (χ4n) is 2.00. The molecule has 0 N–H and O–H groups in total. The molecule has 2 atom stereocenters. The van der Waals surface area contributed by atoms with Crippen LogP contribution in [-0.4, -0.2) is 31.9 Å². The van der Waals surface area contributed by atoms with Crippen molar-refractivity contribution in [3.8, 4) is 0 Å². The minimum absolute atomic E-state index is 0.386. The molecular weight excluding hydrogens is 222 g/mol. The minimum atomic E-state index is -0.950. The lowest BCUT2D eigenvalue weighted by atomic mass is 10.1. The Morgan fingerprint density at radius 2 is 2.25 bits per heavy atom. The number of hydrogen-bond donors (Lipinski definition) is 0. The van der Waals surface area contributed by atoms with Crippen molar-refractivity contribution in [2.75, 3.05) is 13.6 Å². The Hall–Kier alpha value is -0.680. The zero-order valence-corrected chi connectivity index (χ0v) is 11.1. The van der Waals surface area contributed by atoms with Crippen LogP contribution < -0.4 is 0 Å². The maximum Gasteiger partial charge on any atom is 0.131 e. The highest BCUT2D eigenvalue weighted by Crippen LogP contribution is 2.24. The first-order chi connectivity index (χ1) is 7.49. The summed E-state index contributed by atoms with van der Waals surface area (Å²) in [7, 11) is 0.955. The fraction of sp³-hybridized carbons (Fsp3) is 0.727. The van der Waals surface area contributed by atoms with Gasteiger partial charge in [0.05, 0.1) is 5.69 Å². The molecule has 0 bridgehead atoms. The predicted octanol–water partition coefficient (Wildman–Crippen LogP) is 1.68. The highest BCUT2D eigenvalue weighted by atomic mass is 32.2. The van der Waals surface area contributed by atoms with Crippen molar-refractivity contribution in [1.29, 1.82) is 0 Å². The highest BCUT2D eigenvalue weighted by molar-refractivity contribution is 7.81. The van der Waals surface area contributed by atoms with E-state index in [1.165, 1.54) is 5.69 Å². The SMILES string of the molecule is CC(C)c1cc2n(n1)CS(=O)N(C)CC2C. The number of likely N-dealkylation sites (N-methyl/N-ethyl adjacent to an activating group) is 1. The molecule has 16 heavy (non-hydrogen) atoms. The smallest absolute Gasteiger partial charge is 0.131 e. The van der Waals surface area contributed by atoms with Crippen LogP contribution in [0.5, 0.6) is 0 Å². The first-order valence-electron chi connectivity index (χ1n) is 5.66. The van der Waals surface area contributed by atoms with E-state index in [0.717, 1.165) is 12.2 Å². The Morgan fingerprint density at radius 1 is 1.56 bits per heavy atom. The molecule has 0 saturated carbocycles. The fourth-order valence-corrected chi connectivity index (χ4v) is 3.00. The van der Waals surface area contributed by atoms with E-state index in [1.807, 2.05) is 16.0 Å². The summed E-state index contributed by atoms with van der Waals surface area (Å²) in [5, 5.41) is 4.54. The molecule has 4 nitrogen and oxygen atoms in total. The van der Waals surface area contributed by atoms with Crippen LogP contribution in [0.2, 0.25) is 0 Å². The first kappa shape index (κ1) is 11.8. The summed E-state index contributed by atoms with van der Waals surface area (Å²) in [5.41, 5.74) is 2.31. The third-order valence-electron chi connectivity index (χ3n) is 3.04. The second-order valence-electron chi connectivity index (χ2n) is 4.81. The Morgan fingerprint density at radius 3 is 2.88 bits per heavy atom. The van der Waals surface area contributed by atoms with Gasteiger partial charge in [-0.25, -0.2) is 8.51 Å². The van der Waals surface area contributed by atoms with Gasteiger partial charge in [-0.3, -0.25) is 4.68 Å². The summed E-state index contributed by atoms with van der Waals surface area (Å²) >= 11 is 0. The monoisotopic (exact) mass is 241 g/mol. The van der Waals surface area contributed by atoms with Crippen molar-refractivity contribution in [1.82, 2.24) is 14.1 Å². The Bertz CT molecular complexity index is 413. The van der Waals surface area contributed by atoms with Crippen LogP contribution in [0.25, 0.3) is 0 Å². The van der Waals surface area contributed by atoms with Crippen molar-refractivity contribution in [2.24, 2.45) is 0 Å². The largest absolute Gasteiger partial charge is 0.255 e. The Labute approximate surface area is 99.2 Å². The Balaban J connectivity index is 2.38. The summed E-state index contributed by atoms with van der Waals surface area (Å²) in [6, 6.07) is 2.16. The van der Waals surface area contributed by atoms with Gasteiger partial charge in [-0.05, 0) is 19.0 Å². The topological polar surface area (TPSA) is 38.1 Å². The molecule has 1 aliphatic heterocycles. The van der Waals surface area contributed by atoms with E-state index < -0.39 is 11.0 Å². The van der Waals surface area contributed by atoms with E-state index in [4.69, 9.17) is 0 Å². The predicted molar refractivity (Wildman–Crippen MR) is 65.5 cm³/mol. The van der Waals surface area contributed by atoms with Crippen LogP contribution in [0.15, 0.2) is 6.07 Å². The lowest BCUT2D eigenvalue weighted by Crippen LogP contribution is -2.24. The van der Waals surface area contributed by atoms with Crippen LogP contribution in [0.3, 0.4) is 0 Å². The van der Waals surface area contributed by atoms with Gasteiger partial charge in [-0.2, -0.15) is 5.10 Å². The maximum absolute atomic E-state index is 11.9. The molecule has 0 radical (unpaired) electrons. The minimum Gasteiger partial charge on any atom is -0.255 e. The van der Waals surface area contributed by atoms with Crippen LogP contribution in [-0.2, 0) is 16.9 Å². The van der Waals surface area contributed by atoms with Gasteiger partial charge in [0.2, 0.25) is 0 Å². The molecule has 0 fully saturated rings. The molecule has 2 rings (SSSR count). The standard InChI is InChI=1S/C11H19N3OS/c1-8(2)10-5-11-9(3)6-13(4)16(15)7-14(11)12-10/h5,8-9H,6-7H2,1-4H3. The van der Waals surface area contributed by atoms with Gasteiger partial charge in [-0.15, -0.1) is 0 Å². The van der Waals surface area contributed by atoms with E-state index in [2.05, 4.69) is 31.9 Å². The molecule has 2 heterocycles. The van der Waals surface area contributed by atoms with Gasteiger partial charge in [0.15, 0.2) is 0 Å². The second kappa shape index (κ2) is 4.30. The molecule has 90 valence electrons. The molecular formula is C11H19N3OS. The lowest BCUT2D eigenvalue weighted by Gasteiger charge is -2.14. The zero-order valence-electron chi connectivity index (χ0n) is 10.3. The first-order valence-corrected chi connectivity index (χ1v) is 6.94. The molecule has 5 heteroatoms. The summed E-state index contributed by atoms with van der Waals surface area (Å²) in [6.07, 6.45) is 0. The van der Waals surface area contributed by atoms with E-state index in [9.17, 15) is 4.21 Å². The average molecular weight is 241 g/mol. The van der Waals surface area contributed by atoms with Crippen molar-refractivity contribution >= 4 is 11.0 Å². The van der Waals surface area contributed by atoms with E-state index in [1.54, 1.807) is 0 Å². The van der Waals surface area contributed by atoms with Crippen LogP contribution in [0.4, 0.5) is 0 Å². The van der Waals surface area contributed by atoms with Crippen LogP contribution in [0, 0.1) is 0 Å². The van der Waals surface area contributed by atoms with Crippen LogP contribution >= 0.6 is 0 Å². The number of aromatic nitrogens is 2. The molecule has 1 aliphatic rings. The van der Waals surface area contributed by atoms with Crippen molar-refractivity contribution in [2.45, 2.75) is 38.5 Å². The third kappa shape index (κ3) is 2.06. The number of hydrogen-bond acceptors (Lipinski definition) is 2. The summed E-state index contributed by atoms with van der Waals surface area (Å²) in [4.78, 5) is 0. The number of nitrogens with zero attached hydrogens (tertiary/aromatic N) is 3. The zero-order chi connectivity index (χ0) is 11.9. The molecule has 0 aromatic carbocycles. The second-order valence-corrected chi connectivity index (χ2v) is 6.33. The molecule has 0 amide bonds. The molecule has 1 aromatic heterocycles. The quantitative estimate of drug-likeness (QED) is 0.750. The van der Waals surface area contributed by atoms with Gasteiger partial charge in [-0.1, -0.05) is 20.8 Å².